The minimum Gasteiger partial charge on any atom is -0.492 e. The van der Waals surface area contributed by atoms with Crippen LogP contribution in [0.3, 0.4) is 0 Å². The Morgan fingerprint density at radius 1 is 1.22 bits per heavy atom. The van der Waals surface area contributed by atoms with Crippen molar-refractivity contribution in [1.29, 1.82) is 0 Å². The Bertz CT molecular complexity index is 451. The molecule has 1 unspecified atom stereocenters. The second-order valence-corrected chi connectivity index (χ2v) is 4.55. The first-order chi connectivity index (χ1) is 8.77. The number of aliphatic hydroxyl groups is 1. The lowest BCUT2D eigenvalue weighted by Crippen LogP contribution is -2.17. The van der Waals surface area contributed by atoms with Gasteiger partial charge in [-0.3, -0.25) is 0 Å². The quantitative estimate of drug-likeness (QED) is 0.821. The minimum absolute atomic E-state index is 0.103. The fourth-order valence-electron chi connectivity index (χ4n) is 2.80. The van der Waals surface area contributed by atoms with Gasteiger partial charge in [0, 0.05) is 29.5 Å². The normalized spacial score (nSPS) is 17.7. The van der Waals surface area contributed by atoms with Crippen molar-refractivity contribution < 1.29 is 19.3 Å². The Hall–Kier alpha value is -1.46. The molecule has 0 saturated carbocycles. The molecule has 0 aliphatic carbocycles. The van der Waals surface area contributed by atoms with E-state index in [2.05, 4.69) is 0 Å². The highest BCUT2D eigenvalue weighted by Gasteiger charge is 2.33. The lowest BCUT2D eigenvalue weighted by molar-refractivity contribution is 0.262. The third-order valence-electron chi connectivity index (χ3n) is 3.57. The maximum Gasteiger partial charge on any atom is 0.168 e. The third kappa shape index (κ3) is 1.47. The summed E-state index contributed by atoms with van der Waals surface area (Å²) in [6.45, 7) is 1.15. The van der Waals surface area contributed by atoms with Crippen LogP contribution in [0.25, 0.3) is 0 Å². The van der Waals surface area contributed by atoms with E-state index in [1.54, 1.807) is 7.11 Å². The van der Waals surface area contributed by atoms with E-state index in [4.69, 9.17) is 19.9 Å². The van der Waals surface area contributed by atoms with E-state index in [0.29, 0.717) is 13.2 Å². The molecule has 98 valence electrons. The summed E-state index contributed by atoms with van der Waals surface area (Å²) in [5.74, 6) is 2.34. The molecule has 1 aromatic rings. The number of nitrogens with two attached hydrogens (primary N) is 1. The van der Waals surface area contributed by atoms with Crippen LogP contribution < -0.4 is 19.9 Å². The number of aliphatic hydroxyl groups excluding tert-OH is 1. The zero-order chi connectivity index (χ0) is 12.7. The zero-order valence-electron chi connectivity index (χ0n) is 10.4. The lowest BCUT2D eigenvalue weighted by Gasteiger charge is -2.19. The van der Waals surface area contributed by atoms with Gasteiger partial charge in [0.25, 0.3) is 0 Å². The molecule has 0 fully saturated rings. The maximum absolute atomic E-state index is 9.32. The molecule has 18 heavy (non-hydrogen) atoms. The molecule has 2 aliphatic rings. The van der Waals surface area contributed by atoms with Crippen molar-refractivity contribution in [1.82, 2.24) is 0 Å². The second-order valence-electron chi connectivity index (χ2n) is 4.55. The van der Waals surface area contributed by atoms with Gasteiger partial charge in [-0.2, -0.15) is 0 Å². The first kappa shape index (κ1) is 11.6. The predicted molar refractivity (Wildman–Crippen MR) is 65.4 cm³/mol. The Labute approximate surface area is 105 Å². The molecule has 2 heterocycles. The van der Waals surface area contributed by atoms with E-state index in [1.165, 1.54) is 0 Å². The summed E-state index contributed by atoms with van der Waals surface area (Å²) in [7, 11) is 1.64. The largest absolute Gasteiger partial charge is 0.492 e. The summed E-state index contributed by atoms with van der Waals surface area (Å²) < 4.78 is 16.8. The zero-order valence-corrected chi connectivity index (χ0v) is 10.4. The fraction of sp³-hybridized carbons (Fsp3) is 0.538. The smallest absolute Gasteiger partial charge is 0.168 e. The first-order valence-corrected chi connectivity index (χ1v) is 6.15. The van der Waals surface area contributed by atoms with Gasteiger partial charge in [0.15, 0.2) is 11.5 Å². The third-order valence-corrected chi connectivity index (χ3v) is 3.57. The van der Waals surface area contributed by atoms with Crippen LogP contribution in [0.15, 0.2) is 0 Å². The van der Waals surface area contributed by atoms with E-state index in [0.717, 1.165) is 46.8 Å². The van der Waals surface area contributed by atoms with Crippen molar-refractivity contribution >= 4 is 0 Å². The van der Waals surface area contributed by atoms with Gasteiger partial charge in [-0.15, -0.1) is 0 Å². The molecule has 0 amide bonds. The Kier molecular flexibility index (Phi) is 2.80. The maximum atomic E-state index is 9.32. The molecule has 0 bridgehead atoms. The fourth-order valence-corrected chi connectivity index (χ4v) is 2.80. The predicted octanol–water partition coefficient (Wildman–Crippen LogP) is 0.557. The summed E-state index contributed by atoms with van der Waals surface area (Å²) in [6, 6.07) is -0.432. The van der Waals surface area contributed by atoms with E-state index in [9.17, 15) is 5.11 Å². The molecule has 0 radical (unpaired) electrons. The van der Waals surface area contributed by atoms with Crippen LogP contribution in [0.2, 0.25) is 0 Å². The van der Waals surface area contributed by atoms with Gasteiger partial charge in [-0.25, -0.2) is 0 Å². The molecular weight excluding hydrogens is 234 g/mol. The lowest BCUT2D eigenvalue weighted by atomic mass is 9.94. The molecule has 2 aliphatic heterocycles. The highest BCUT2D eigenvalue weighted by Crippen LogP contribution is 2.50. The van der Waals surface area contributed by atoms with Crippen molar-refractivity contribution in [3.05, 3.63) is 16.7 Å². The summed E-state index contributed by atoms with van der Waals surface area (Å²) in [5.41, 5.74) is 8.93. The molecule has 1 atom stereocenters. The molecule has 5 nitrogen and oxygen atoms in total. The van der Waals surface area contributed by atoms with Crippen LogP contribution in [-0.4, -0.2) is 32.0 Å². The number of rotatable bonds is 3. The highest BCUT2D eigenvalue weighted by atomic mass is 16.5. The average Bonchev–Trinajstić information content (AvgIpc) is 3.02. The number of hydrogen-bond donors (Lipinski definition) is 2. The van der Waals surface area contributed by atoms with Gasteiger partial charge in [-0.1, -0.05) is 0 Å². The summed E-state index contributed by atoms with van der Waals surface area (Å²) in [5, 5.41) is 9.32. The number of methoxy groups -OCH3 is 1. The topological polar surface area (TPSA) is 73.9 Å². The van der Waals surface area contributed by atoms with Gasteiger partial charge in [-0.05, 0) is 0 Å². The van der Waals surface area contributed by atoms with Crippen molar-refractivity contribution in [2.24, 2.45) is 5.73 Å². The summed E-state index contributed by atoms with van der Waals surface area (Å²) in [4.78, 5) is 0. The average molecular weight is 251 g/mol. The van der Waals surface area contributed by atoms with Crippen molar-refractivity contribution in [3.8, 4) is 17.2 Å². The molecule has 0 saturated heterocycles. The van der Waals surface area contributed by atoms with Crippen molar-refractivity contribution in [2.75, 3.05) is 26.9 Å². The molecular formula is C13H17NO4. The number of fused-ring (bicyclic) bond motifs is 2. The van der Waals surface area contributed by atoms with Gasteiger partial charge in [0.1, 0.15) is 5.75 Å². The van der Waals surface area contributed by atoms with E-state index in [-0.39, 0.29) is 6.61 Å². The standard InChI is InChI=1S/C13H17NO4/c1-16-12-8-3-5-17-11(8)10(9(14)6-15)7-2-4-18-13(7)12/h9,15H,2-6,14H2,1H3. The molecule has 3 rings (SSSR count). The minimum atomic E-state index is -0.432. The van der Waals surface area contributed by atoms with E-state index in [1.807, 2.05) is 0 Å². The Morgan fingerprint density at radius 2 is 1.89 bits per heavy atom. The molecule has 3 N–H and O–H groups in total. The molecule has 5 heteroatoms. The van der Waals surface area contributed by atoms with Crippen LogP contribution in [0.4, 0.5) is 0 Å². The van der Waals surface area contributed by atoms with Crippen molar-refractivity contribution in [3.63, 3.8) is 0 Å². The van der Waals surface area contributed by atoms with Crippen LogP contribution in [0.1, 0.15) is 22.7 Å². The van der Waals surface area contributed by atoms with Crippen molar-refractivity contribution in [2.45, 2.75) is 18.9 Å². The Morgan fingerprint density at radius 3 is 2.56 bits per heavy atom. The Balaban J connectivity index is 2.26. The van der Waals surface area contributed by atoms with E-state index >= 15 is 0 Å². The number of benzene rings is 1. The first-order valence-electron chi connectivity index (χ1n) is 6.15. The SMILES string of the molecule is COc1c2c(c(C(N)CO)c3c1OCC3)OCC2. The molecule has 0 spiro atoms. The van der Waals surface area contributed by atoms with Gasteiger partial charge >= 0.3 is 0 Å². The number of ether oxygens (including phenoxy) is 3. The van der Waals surface area contributed by atoms with Gasteiger partial charge < -0.3 is 25.1 Å². The van der Waals surface area contributed by atoms with Crippen LogP contribution in [-0.2, 0) is 12.8 Å². The summed E-state index contributed by atoms with van der Waals surface area (Å²) in [6.07, 6.45) is 1.58. The molecule has 0 aromatic heterocycles. The monoisotopic (exact) mass is 251 g/mol. The second kappa shape index (κ2) is 4.33. The van der Waals surface area contributed by atoms with Crippen LogP contribution in [0, 0.1) is 0 Å². The van der Waals surface area contributed by atoms with Crippen LogP contribution >= 0.6 is 0 Å². The summed E-state index contributed by atoms with van der Waals surface area (Å²) >= 11 is 0. The van der Waals surface area contributed by atoms with Crippen LogP contribution in [0.5, 0.6) is 17.2 Å². The number of hydrogen-bond acceptors (Lipinski definition) is 5. The van der Waals surface area contributed by atoms with Gasteiger partial charge in [0.2, 0.25) is 0 Å². The molecule has 1 aromatic carbocycles. The highest BCUT2D eigenvalue weighted by molar-refractivity contribution is 5.66. The van der Waals surface area contributed by atoms with Gasteiger partial charge in [0.05, 0.1) is 33.0 Å². The van der Waals surface area contributed by atoms with E-state index < -0.39 is 6.04 Å².